The molecule has 0 saturated carbocycles. The van der Waals surface area contributed by atoms with Crippen molar-refractivity contribution in [2.24, 2.45) is 0 Å². The minimum atomic E-state index is -0.639. The molecule has 66 heavy (non-hydrogen) atoms. The number of pyridine rings is 4. The van der Waals surface area contributed by atoms with E-state index in [2.05, 4.69) is 99.0 Å². The summed E-state index contributed by atoms with van der Waals surface area (Å²) in [6.07, 6.45) is 9.43. The van der Waals surface area contributed by atoms with E-state index >= 15 is 0 Å². The van der Waals surface area contributed by atoms with Gasteiger partial charge in [0, 0.05) is 120 Å². The molecule has 1 N–H and O–H groups in total. The van der Waals surface area contributed by atoms with Crippen LogP contribution in [0.25, 0.3) is 0 Å². The third-order valence-electron chi connectivity index (χ3n) is 9.53. The van der Waals surface area contributed by atoms with Crippen molar-refractivity contribution < 1.29 is 81.4 Å². The molecule has 4 aromatic rings. The van der Waals surface area contributed by atoms with Crippen molar-refractivity contribution in [2.75, 3.05) is 50.2 Å². The molecule has 4 bridgehead atoms. The second kappa shape index (κ2) is 28.6. The van der Waals surface area contributed by atoms with Crippen LogP contribution in [0.3, 0.4) is 0 Å². The average Bonchev–Trinajstić information content (AvgIpc) is 3.27. The zero-order chi connectivity index (χ0) is 47.1. The smallest absolute Gasteiger partial charge is 0.793 e. The summed E-state index contributed by atoms with van der Waals surface area (Å²) >= 11 is 18.9. The number of nitrogens with one attached hydrogen (secondary N) is 1. The Morgan fingerprint density at radius 3 is 1.58 bits per heavy atom. The van der Waals surface area contributed by atoms with Crippen LogP contribution in [-0.4, -0.2) is 122 Å². The van der Waals surface area contributed by atoms with Gasteiger partial charge in [0.05, 0.1) is 33.2 Å². The van der Waals surface area contributed by atoms with E-state index in [1.54, 1.807) is 18.6 Å². The van der Waals surface area contributed by atoms with Gasteiger partial charge in [0.15, 0.2) is 17.9 Å². The molecule has 6 saturated heterocycles. The first-order valence-corrected chi connectivity index (χ1v) is 21.5. The second-order valence-electron chi connectivity index (χ2n) is 14.2. The molecule has 4 unspecified atom stereocenters. The van der Waals surface area contributed by atoms with Crippen molar-refractivity contribution in [1.29, 1.82) is 0 Å². The molecule has 6 aliphatic heterocycles. The fraction of sp³-hybridized carbons (Fsp3) is 0.415. The molecule has 10 rings (SSSR count). The quantitative estimate of drug-likeness (QED) is 0.121. The number of hydrogen-bond acceptors (Lipinski definition) is 17. The number of anilines is 2. The topological polar surface area (TPSA) is 188 Å². The Balaban J connectivity index is 0.000000313. The minimum absolute atomic E-state index is 0. The number of carbonyl (C=O) groups is 4. The maximum atomic E-state index is 13.8. The van der Waals surface area contributed by atoms with E-state index in [0.717, 1.165) is 83.7 Å². The van der Waals surface area contributed by atoms with Gasteiger partial charge in [0.1, 0.15) is 11.6 Å². The molecule has 0 aromatic carbocycles. The first-order chi connectivity index (χ1) is 30.4. The van der Waals surface area contributed by atoms with Crippen LogP contribution in [0.2, 0.25) is 10.0 Å². The summed E-state index contributed by atoms with van der Waals surface area (Å²) < 4.78 is 41.2. The number of fused-ring (bicyclic) bond motifs is 4. The number of rotatable bonds is 7. The third-order valence-corrected chi connectivity index (χ3v) is 11.9. The SMILES string of the molecule is C.CC(=O)OOC(C)=O.COc1ncc(C=O)cc1F.COc1ncc(CN2C3CC2CN(c2cc(Cl)c(Br)cn2)C3)cc1F.Clc1cc(N2CC3CC(C2)N3)ncc1Br.[B-]OC(C)=O.[Na+]. The molecule has 0 spiro atoms. The molecule has 4 atom stereocenters. The molecule has 4 aromatic heterocycles. The summed E-state index contributed by atoms with van der Waals surface area (Å²) in [6, 6.07) is 8.56. The van der Waals surface area contributed by atoms with Crippen LogP contribution in [0.5, 0.6) is 11.8 Å². The summed E-state index contributed by atoms with van der Waals surface area (Å²) in [5.41, 5.74) is 1.06. The fourth-order valence-electron chi connectivity index (χ4n) is 6.67. The summed E-state index contributed by atoms with van der Waals surface area (Å²) in [5.74, 6) is -0.963. The van der Waals surface area contributed by atoms with E-state index in [0.29, 0.717) is 42.0 Å². The normalized spacial score (nSPS) is 18.1. The third kappa shape index (κ3) is 17.7. The maximum Gasteiger partial charge on any atom is 1.00 e. The van der Waals surface area contributed by atoms with Crippen molar-refractivity contribution >= 4 is 98.9 Å². The fourth-order valence-corrected chi connectivity index (χ4v) is 7.40. The number of aromatic nitrogens is 4. The zero-order valence-corrected chi connectivity index (χ0v) is 42.8. The second-order valence-corrected chi connectivity index (χ2v) is 16.7. The molecule has 25 heteroatoms. The molecule has 17 nitrogen and oxygen atoms in total. The van der Waals surface area contributed by atoms with Crippen LogP contribution in [0.15, 0.2) is 58.0 Å². The molecule has 351 valence electrons. The predicted molar refractivity (Wildman–Crippen MR) is 246 cm³/mol. The average molecular weight is 1100 g/mol. The van der Waals surface area contributed by atoms with Crippen LogP contribution in [0.1, 0.15) is 57.0 Å². The van der Waals surface area contributed by atoms with Gasteiger partial charge in [-0.25, -0.2) is 48.1 Å². The molecule has 0 amide bonds. The number of hydrogen-bond donors (Lipinski definition) is 1. The van der Waals surface area contributed by atoms with Crippen LogP contribution in [0.4, 0.5) is 20.4 Å². The van der Waals surface area contributed by atoms with Crippen LogP contribution in [-0.2, 0) is 35.4 Å². The van der Waals surface area contributed by atoms with E-state index in [-0.39, 0.29) is 54.3 Å². The van der Waals surface area contributed by atoms with Crippen molar-refractivity contribution in [1.82, 2.24) is 30.2 Å². The molecule has 10 heterocycles. The Bertz CT molecular complexity index is 2230. The molecule has 6 fully saturated rings. The monoisotopic (exact) mass is 1100 g/mol. The van der Waals surface area contributed by atoms with Gasteiger partial charge in [-0.05, 0) is 62.4 Å². The van der Waals surface area contributed by atoms with E-state index < -0.39 is 29.5 Å². The van der Waals surface area contributed by atoms with Crippen LogP contribution < -0.4 is 54.1 Å². The first-order valence-electron chi connectivity index (χ1n) is 19.1. The van der Waals surface area contributed by atoms with Crippen LogP contribution >= 0.6 is 55.1 Å². The molecule has 6 aliphatic rings. The summed E-state index contributed by atoms with van der Waals surface area (Å²) in [6.45, 7) is 8.10. The van der Waals surface area contributed by atoms with Gasteiger partial charge < -0.3 is 37.3 Å². The van der Waals surface area contributed by atoms with Gasteiger partial charge in [0.25, 0.3) is 0 Å². The molecular weight excluding hydrogens is 1050 g/mol. The van der Waals surface area contributed by atoms with E-state index in [1.807, 2.05) is 12.1 Å². The summed E-state index contributed by atoms with van der Waals surface area (Å²) in [5, 5.41) is 4.89. The van der Waals surface area contributed by atoms with Gasteiger partial charge in [-0.3, -0.25) is 14.5 Å². The molecule has 3 radical (unpaired) electrons. The van der Waals surface area contributed by atoms with Gasteiger partial charge in [-0.15, -0.1) is 0 Å². The zero-order valence-electron chi connectivity index (χ0n) is 36.1. The number of carbonyl (C=O) groups excluding carboxylic acids is 4. The largest absolute Gasteiger partial charge is 1.00 e. The van der Waals surface area contributed by atoms with Gasteiger partial charge in [-0.2, -0.15) is 0 Å². The van der Waals surface area contributed by atoms with Crippen molar-refractivity contribution in [3.05, 3.63) is 90.8 Å². The number of methoxy groups -OCH3 is 2. The molecule has 0 aliphatic carbocycles. The van der Waals surface area contributed by atoms with Gasteiger partial charge in [0.2, 0.25) is 17.7 Å². The number of ether oxygens (including phenoxy) is 2. The summed E-state index contributed by atoms with van der Waals surface area (Å²) in [7, 11) is 7.05. The number of piperidine rings is 2. The summed E-state index contributed by atoms with van der Waals surface area (Å²) in [4.78, 5) is 70.3. The number of halogens is 6. The van der Waals surface area contributed by atoms with Crippen molar-refractivity contribution in [3.8, 4) is 11.8 Å². The number of piperazine rings is 2. The van der Waals surface area contributed by atoms with E-state index in [1.165, 1.54) is 39.8 Å². The first kappa shape index (κ1) is 58.4. The molecular formula is C41H47BBr2Cl2F2N8NaO9. The number of aldehydes is 1. The number of nitrogens with zero attached hydrogens (tertiary/aromatic N) is 7. The van der Waals surface area contributed by atoms with Gasteiger partial charge in [-0.1, -0.05) is 30.6 Å². The Hall–Kier alpha value is -3.74. The van der Waals surface area contributed by atoms with E-state index in [9.17, 15) is 28.0 Å². The van der Waals surface area contributed by atoms with Gasteiger partial charge >= 0.3 is 41.5 Å². The minimum Gasteiger partial charge on any atom is -0.793 e. The Morgan fingerprint density at radius 2 is 1.20 bits per heavy atom. The van der Waals surface area contributed by atoms with Crippen molar-refractivity contribution in [2.45, 2.75) is 71.8 Å². The Labute approximate surface area is 431 Å². The van der Waals surface area contributed by atoms with Crippen molar-refractivity contribution in [3.63, 3.8) is 0 Å². The standard InChI is InChI=1S/C17H17BrClFN4O.C10H11BrClN3.C7H6FNO2.C4H6O4.C2H3BO2.CH4.Na/c1-25-17-15(20)2-10(5-22-17)7-24-11-3-12(24)9-23(8-11)16-4-14(19)13(18)6-21-16;11-8-3-13-10(2-9(8)12)15-4-6-1-7(5-15)14-6;1-11-7-6(8)2-5(4-10)3-9-7;1-3(5)7-8-4(2)6;1-2(4)5-3;;/h2,4-6,11-12H,3,7-9H2,1H3;2-3,6-7,14H,1,4-5H2;2-4H,1H3;1-2H3;1H3;1H4;/q;;;;-1;;+1. The Morgan fingerprint density at radius 1 is 0.758 bits per heavy atom. The Kier molecular flexibility index (Phi) is 25.3. The van der Waals surface area contributed by atoms with Crippen LogP contribution in [0, 0.1) is 11.6 Å². The maximum absolute atomic E-state index is 13.8. The predicted octanol–water partition coefficient (Wildman–Crippen LogP) is 3.89. The van der Waals surface area contributed by atoms with E-state index in [4.69, 9.17) is 27.9 Å².